The highest BCUT2D eigenvalue weighted by Gasteiger charge is 2.46. The number of carbonyl (C=O) groups excluding carboxylic acids is 1. The van der Waals surface area contributed by atoms with Gasteiger partial charge in [-0.15, -0.1) is 16.2 Å². The first-order chi connectivity index (χ1) is 16.3. The lowest BCUT2D eigenvalue weighted by Gasteiger charge is -2.38. The Hall–Kier alpha value is -3.08. The molecule has 0 saturated heterocycles. The summed E-state index contributed by atoms with van der Waals surface area (Å²) in [7, 11) is 0. The van der Waals surface area contributed by atoms with E-state index in [0.717, 1.165) is 27.4 Å². The summed E-state index contributed by atoms with van der Waals surface area (Å²) in [6.07, 6.45) is 6.75. The van der Waals surface area contributed by atoms with Gasteiger partial charge in [0.2, 0.25) is 5.95 Å². The van der Waals surface area contributed by atoms with Crippen LogP contribution in [0.2, 0.25) is 0 Å². The number of nitrogens with one attached hydrogen (secondary N) is 1. The van der Waals surface area contributed by atoms with Crippen LogP contribution in [0.3, 0.4) is 0 Å². The number of nitroso groups, excluding NO2 is 1. The van der Waals surface area contributed by atoms with Crippen LogP contribution in [0.4, 0.5) is 11.6 Å². The normalized spacial score (nSPS) is 24.6. The molecule has 34 heavy (non-hydrogen) atoms. The molecular weight excluding hydrogens is 452 g/mol. The van der Waals surface area contributed by atoms with Crippen LogP contribution in [0.25, 0.3) is 10.4 Å². The number of carbonyl (C=O) groups is 1. The second-order valence-electron chi connectivity index (χ2n) is 9.41. The number of hydrogen-bond acceptors (Lipinski definition) is 9. The molecule has 2 aliphatic carbocycles. The largest absolute Gasteiger partial charge is 0.383 e. The summed E-state index contributed by atoms with van der Waals surface area (Å²) >= 11 is 1.41. The van der Waals surface area contributed by atoms with E-state index in [9.17, 15) is 14.8 Å². The van der Waals surface area contributed by atoms with E-state index in [1.54, 1.807) is 12.4 Å². The number of rotatable bonds is 6. The Morgan fingerprint density at radius 1 is 1.21 bits per heavy atom. The molecule has 9 nitrogen and oxygen atoms in total. The Kier molecular flexibility index (Phi) is 5.75. The smallest absolute Gasteiger partial charge is 0.305 e. The van der Waals surface area contributed by atoms with Gasteiger partial charge in [0.1, 0.15) is 16.1 Å². The summed E-state index contributed by atoms with van der Waals surface area (Å²) in [4.78, 5) is 36.8. The van der Waals surface area contributed by atoms with Crippen LogP contribution in [0.1, 0.15) is 60.7 Å². The van der Waals surface area contributed by atoms with Crippen molar-refractivity contribution in [1.82, 2.24) is 15.0 Å². The molecule has 4 N–H and O–H groups in total. The third-order valence-electron chi connectivity index (χ3n) is 6.67. The lowest BCUT2D eigenvalue weighted by atomic mass is 9.74. The van der Waals surface area contributed by atoms with Crippen molar-refractivity contribution in [3.63, 3.8) is 0 Å². The monoisotopic (exact) mass is 478 g/mol. The number of nitrogens with zero attached hydrogens (tertiary/aromatic N) is 4. The van der Waals surface area contributed by atoms with Crippen molar-refractivity contribution in [1.29, 1.82) is 0 Å². The molecule has 1 aromatic carbocycles. The third-order valence-corrected chi connectivity index (χ3v) is 7.91. The molecule has 0 unspecified atom stereocenters. The van der Waals surface area contributed by atoms with Crippen LogP contribution >= 0.6 is 11.3 Å². The van der Waals surface area contributed by atoms with Crippen LogP contribution in [0.15, 0.2) is 41.8 Å². The average molecular weight is 479 g/mol. The Labute approximate surface area is 200 Å². The van der Waals surface area contributed by atoms with Gasteiger partial charge in [-0.1, -0.05) is 6.07 Å². The summed E-state index contributed by atoms with van der Waals surface area (Å²) in [5, 5.41) is 17.6. The molecule has 5 rings (SSSR count). The number of amides is 1. The fourth-order valence-corrected chi connectivity index (χ4v) is 5.47. The fraction of sp³-hybridized carbons (Fsp3) is 0.417. The van der Waals surface area contributed by atoms with Gasteiger partial charge in [-0.25, -0.2) is 15.0 Å². The predicted molar refractivity (Wildman–Crippen MR) is 130 cm³/mol. The van der Waals surface area contributed by atoms with Crippen LogP contribution in [-0.4, -0.2) is 31.5 Å². The quantitative estimate of drug-likeness (QED) is 0.445. The molecule has 2 fully saturated rings. The van der Waals surface area contributed by atoms with Crippen molar-refractivity contribution < 1.29 is 9.90 Å². The molecule has 0 spiro atoms. The minimum Gasteiger partial charge on any atom is -0.383 e. The zero-order valence-electron chi connectivity index (χ0n) is 18.8. The van der Waals surface area contributed by atoms with Crippen molar-refractivity contribution in [3.05, 3.63) is 57.8 Å². The Morgan fingerprint density at radius 2 is 1.97 bits per heavy atom. The van der Waals surface area contributed by atoms with Gasteiger partial charge < -0.3 is 16.2 Å². The molecule has 0 bridgehead atoms. The Bertz CT molecular complexity index is 1250. The van der Waals surface area contributed by atoms with E-state index in [1.807, 2.05) is 25.1 Å². The first-order valence-corrected chi connectivity index (χ1v) is 12.2. The topological polar surface area (TPSA) is 143 Å². The van der Waals surface area contributed by atoms with E-state index in [4.69, 9.17) is 5.73 Å². The maximum absolute atomic E-state index is 11.8. The minimum atomic E-state index is -1.30. The van der Waals surface area contributed by atoms with E-state index < -0.39 is 17.0 Å². The van der Waals surface area contributed by atoms with E-state index in [-0.39, 0.29) is 25.7 Å². The van der Waals surface area contributed by atoms with Gasteiger partial charge in [0.05, 0.1) is 4.88 Å². The number of nitrogens with two attached hydrogens (primary N) is 1. The third kappa shape index (κ3) is 4.48. The van der Waals surface area contributed by atoms with Gasteiger partial charge in [0.25, 0.3) is 0 Å². The lowest BCUT2D eigenvalue weighted by molar-refractivity contribution is -0.126. The number of thiazole rings is 1. The van der Waals surface area contributed by atoms with Crippen molar-refractivity contribution in [2.45, 2.75) is 62.5 Å². The molecule has 0 atom stereocenters. The van der Waals surface area contributed by atoms with Crippen molar-refractivity contribution in [2.75, 3.05) is 5.32 Å². The molecule has 1 amide bonds. The average Bonchev–Trinajstić information content (AvgIpc) is 3.56. The van der Waals surface area contributed by atoms with Crippen LogP contribution in [0.5, 0.6) is 0 Å². The molecule has 0 radical (unpaired) electrons. The molecular formula is C24H26N6O3S. The zero-order valence-corrected chi connectivity index (χ0v) is 19.6. The van der Waals surface area contributed by atoms with Crippen molar-refractivity contribution in [2.24, 2.45) is 10.9 Å². The first-order valence-electron chi connectivity index (χ1n) is 11.4. The molecule has 2 heterocycles. The van der Waals surface area contributed by atoms with Gasteiger partial charge in [0.15, 0.2) is 0 Å². The first kappa shape index (κ1) is 22.7. The minimum absolute atomic E-state index is 0.182. The summed E-state index contributed by atoms with van der Waals surface area (Å²) in [5.41, 5.74) is 7.55. The number of aromatic nitrogens is 3. The summed E-state index contributed by atoms with van der Waals surface area (Å²) in [5.74, 6) is 0.267. The van der Waals surface area contributed by atoms with Gasteiger partial charge in [0, 0.05) is 34.9 Å². The van der Waals surface area contributed by atoms with Gasteiger partial charge in [-0.05, 0) is 74.8 Å². The highest BCUT2D eigenvalue weighted by atomic mass is 32.1. The number of aliphatic hydroxyl groups is 1. The summed E-state index contributed by atoms with van der Waals surface area (Å²) in [6, 6.07) is 8.08. The molecule has 0 aliphatic heterocycles. The SMILES string of the molecule is Cc1cc(Nc2nccc(C3CC3)n2)cc(-c2cnc([C@]3(O)CC[C@@](N)(C(=O)N=O)CC3)s2)c1. The lowest BCUT2D eigenvalue weighted by Crippen LogP contribution is -2.52. The van der Waals surface area contributed by atoms with Crippen molar-refractivity contribution in [3.8, 4) is 10.4 Å². The molecule has 176 valence electrons. The molecule has 10 heteroatoms. The maximum atomic E-state index is 11.8. The highest BCUT2D eigenvalue weighted by molar-refractivity contribution is 7.15. The summed E-state index contributed by atoms with van der Waals surface area (Å²) in [6.45, 7) is 2.02. The maximum Gasteiger partial charge on any atom is 0.305 e. The fourth-order valence-electron chi connectivity index (χ4n) is 4.42. The number of hydrogen-bond donors (Lipinski definition) is 3. The van der Waals surface area contributed by atoms with Crippen LogP contribution in [0, 0.1) is 11.8 Å². The van der Waals surface area contributed by atoms with Gasteiger partial charge in [-0.2, -0.15) is 0 Å². The predicted octanol–water partition coefficient (Wildman–Crippen LogP) is 4.28. The van der Waals surface area contributed by atoms with E-state index >= 15 is 0 Å². The Morgan fingerprint density at radius 3 is 2.68 bits per heavy atom. The second-order valence-corrected chi connectivity index (χ2v) is 10.4. The summed E-state index contributed by atoms with van der Waals surface area (Å²) < 4.78 is 0. The molecule has 2 saturated carbocycles. The van der Waals surface area contributed by atoms with E-state index in [1.165, 1.54) is 24.2 Å². The van der Waals surface area contributed by atoms with Crippen LogP contribution < -0.4 is 11.1 Å². The highest BCUT2D eigenvalue weighted by Crippen LogP contribution is 2.44. The van der Waals surface area contributed by atoms with E-state index in [0.29, 0.717) is 16.9 Å². The molecule has 3 aromatic rings. The number of anilines is 2. The van der Waals surface area contributed by atoms with Gasteiger partial charge >= 0.3 is 5.91 Å². The van der Waals surface area contributed by atoms with Crippen molar-refractivity contribution >= 4 is 28.9 Å². The Balaban J connectivity index is 1.35. The standard InChI is InChI=1S/C24H26N6O3S/c1-14-10-16(12-17(11-14)28-22-26-9-4-18(29-22)15-2-3-15)19-13-27-21(34-19)24(32)7-5-23(25,6-8-24)20(31)30-33/h4,9-13,15,32H,2-3,5-8,25H2,1H3,(H,26,28,29)/t23-,24-. The number of aryl methyl sites for hydroxylation is 1. The number of benzene rings is 1. The van der Waals surface area contributed by atoms with Gasteiger partial charge in [-0.3, -0.25) is 4.79 Å². The van der Waals surface area contributed by atoms with E-state index in [2.05, 4.69) is 31.5 Å². The zero-order chi connectivity index (χ0) is 23.9. The molecule has 2 aromatic heterocycles. The van der Waals surface area contributed by atoms with Crippen LogP contribution in [-0.2, 0) is 10.4 Å². The molecule has 2 aliphatic rings. The second kappa shape index (κ2) is 8.61.